The number of hydrogen-bond acceptors (Lipinski definition) is 3. The second kappa shape index (κ2) is 8.17. The molecule has 6 nitrogen and oxygen atoms in total. The molecule has 3 aliphatic rings. The lowest BCUT2D eigenvalue weighted by Crippen LogP contribution is -2.57. The Hall–Kier alpha value is -2.37. The predicted octanol–water partition coefficient (Wildman–Crippen LogP) is 3.41. The van der Waals surface area contributed by atoms with E-state index in [1.165, 1.54) is 11.3 Å². The molecule has 29 heavy (non-hydrogen) atoms. The van der Waals surface area contributed by atoms with Gasteiger partial charge in [0.15, 0.2) is 0 Å². The monoisotopic (exact) mass is 397 g/mol. The maximum absolute atomic E-state index is 13.3. The van der Waals surface area contributed by atoms with Gasteiger partial charge in [-0.05, 0) is 38.2 Å². The molecule has 0 radical (unpaired) electrons. The summed E-state index contributed by atoms with van der Waals surface area (Å²) in [7, 11) is 0. The van der Waals surface area contributed by atoms with E-state index in [-0.39, 0.29) is 23.8 Å². The molecular weight excluding hydrogens is 366 g/mol. The fourth-order valence-corrected chi connectivity index (χ4v) is 5.23. The highest BCUT2D eigenvalue weighted by atomic mass is 16.2. The zero-order chi connectivity index (χ0) is 20.4. The fourth-order valence-electron chi connectivity index (χ4n) is 5.23. The van der Waals surface area contributed by atoms with Crippen LogP contribution in [0.5, 0.6) is 0 Å². The molecule has 0 N–H and O–H groups in total. The van der Waals surface area contributed by atoms with E-state index >= 15 is 0 Å². The van der Waals surface area contributed by atoms with Gasteiger partial charge in [-0.2, -0.15) is 0 Å². The summed E-state index contributed by atoms with van der Waals surface area (Å²) in [5.74, 6) is 0.301. The number of hydrogen-bond donors (Lipinski definition) is 0. The van der Waals surface area contributed by atoms with Crippen LogP contribution >= 0.6 is 0 Å². The lowest BCUT2D eigenvalue weighted by atomic mass is 9.83. The molecule has 1 aromatic rings. The molecule has 0 bridgehead atoms. The van der Waals surface area contributed by atoms with E-state index in [9.17, 15) is 14.4 Å². The Morgan fingerprint density at radius 1 is 1.03 bits per heavy atom. The number of nitrogens with zero attached hydrogens (tertiary/aromatic N) is 3. The van der Waals surface area contributed by atoms with Crippen LogP contribution in [0, 0.1) is 5.92 Å². The van der Waals surface area contributed by atoms with Crippen molar-refractivity contribution in [3.63, 3.8) is 0 Å². The number of carbonyl (C=O) groups excluding carboxylic acids is 3. The molecule has 6 heteroatoms. The van der Waals surface area contributed by atoms with Gasteiger partial charge in [0.05, 0.1) is 0 Å². The van der Waals surface area contributed by atoms with Gasteiger partial charge in [0.2, 0.25) is 5.91 Å². The van der Waals surface area contributed by atoms with Gasteiger partial charge in [-0.1, -0.05) is 49.6 Å². The Balaban J connectivity index is 1.52. The van der Waals surface area contributed by atoms with Crippen LogP contribution in [0.2, 0.25) is 0 Å². The van der Waals surface area contributed by atoms with Crippen LogP contribution in [0.4, 0.5) is 4.79 Å². The van der Waals surface area contributed by atoms with E-state index in [0.29, 0.717) is 39.0 Å². The van der Waals surface area contributed by atoms with Gasteiger partial charge in [-0.3, -0.25) is 14.5 Å². The van der Waals surface area contributed by atoms with E-state index in [0.717, 1.165) is 31.2 Å². The molecule has 0 aromatic heterocycles. The van der Waals surface area contributed by atoms with Crippen molar-refractivity contribution < 1.29 is 14.4 Å². The van der Waals surface area contributed by atoms with Crippen LogP contribution in [0.1, 0.15) is 57.4 Å². The number of urea groups is 1. The molecule has 3 fully saturated rings. The molecular formula is C23H31N3O3. The van der Waals surface area contributed by atoms with Gasteiger partial charge >= 0.3 is 6.03 Å². The maximum atomic E-state index is 13.3. The van der Waals surface area contributed by atoms with Crippen molar-refractivity contribution >= 4 is 17.8 Å². The standard InChI is InChI=1S/C23H31N3O3/c1-2-25-21(28)23(26(22(25)29)17-18-9-5-3-6-10-18)13-15-24(16-14-23)20(27)19-11-7-4-8-12-19/h3,5-6,9-10,19H,2,4,7-8,11-17H2,1H3. The van der Waals surface area contributed by atoms with Gasteiger partial charge < -0.3 is 9.80 Å². The first-order valence-electron chi connectivity index (χ1n) is 11.0. The molecule has 1 saturated carbocycles. The van der Waals surface area contributed by atoms with Crippen LogP contribution in [-0.4, -0.2) is 57.7 Å². The topological polar surface area (TPSA) is 60.9 Å². The lowest BCUT2D eigenvalue weighted by molar-refractivity contribution is -0.144. The SMILES string of the molecule is CCN1C(=O)N(Cc2ccccc2)C2(CCN(C(=O)C3CCCCC3)CC2)C1=O. The van der Waals surface area contributed by atoms with Crippen molar-refractivity contribution in [1.29, 1.82) is 0 Å². The van der Waals surface area contributed by atoms with Crippen molar-refractivity contribution in [2.24, 2.45) is 5.92 Å². The summed E-state index contributed by atoms with van der Waals surface area (Å²) < 4.78 is 0. The molecule has 2 heterocycles. The summed E-state index contributed by atoms with van der Waals surface area (Å²) in [4.78, 5) is 44.3. The quantitative estimate of drug-likeness (QED) is 0.732. The minimum atomic E-state index is -0.813. The van der Waals surface area contributed by atoms with Gasteiger partial charge in [0, 0.05) is 32.1 Å². The number of amides is 4. The Morgan fingerprint density at radius 2 is 1.69 bits per heavy atom. The van der Waals surface area contributed by atoms with Gasteiger partial charge in [0.1, 0.15) is 5.54 Å². The van der Waals surface area contributed by atoms with Crippen molar-refractivity contribution in [2.45, 2.75) is 64.0 Å². The molecule has 1 aliphatic carbocycles. The summed E-state index contributed by atoms with van der Waals surface area (Å²) in [6, 6.07) is 9.63. The Morgan fingerprint density at radius 3 is 2.31 bits per heavy atom. The van der Waals surface area contributed by atoms with Crippen molar-refractivity contribution in [3.8, 4) is 0 Å². The first-order chi connectivity index (χ1) is 14.1. The maximum Gasteiger partial charge on any atom is 0.327 e. The highest BCUT2D eigenvalue weighted by Gasteiger charge is 2.57. The minimum absolute atomic E-state index is 0.0919. The molecule has 2 saturated heterocycles. The third-order valence-electron chi connectivity index (χ3n) is 6.98. The average Bonchev–Trinajstić information content (AvgIpc) is 2.96. The summed E-state index contributed by atoms with van der Waals surface area (Å²) in [5.41, 5.74) is 0.207. The highest BCUT2D eigenvalue weighted by molar-refractivity contribution is 6.07. The van der Waals surface area contributed by atoms with E-state index in [1.54, 1.807) is 4.90 Å². The number of likely N-dealkylation sites (tertiary alicyclic amines) is 1. The van der Waals surface area contributed by atoms with E-state index in [4.69, 9.17) is 0 Å². The van der Waals surface area contributed by atoms with Crippen molar-refractivity contribution in [2.75, 3.05) is 19.6 Å². The van der Waals surface area contributed by atoms with Crippen molar-refractivity contribution in [1.82, 2.24) is 14.7 Å². The molecule has 4 amide bonds. The first kappa shape index (κ1) is 19.9. The van der Waals surface area contributed by atoms with Gasteiger partial charge in [0.25, 0.3) is 5.91 Å². The molecule has 0 unspecified atom stereocenters. The van der Waals surface area contributed by atoms with E-state index in [2.05, 4.69) is 0 Å². The number of rotatable bonds is 4. The number of likely N-dealkylation sites (N-methyl/N-ethyl adjacent to an activating group) is 1. The summed E-state index contributed by atoms with van der Waals surface area (Å²) >= 11 is 0. The number of benzene rings is 1. The lowest BCUT2D eigenvalue weighted by Gasteiger charge is -2.43. The molecule has 1 aromatic carbocycles. The molecule has 156 valence electrons. The third-order valence-corrected chi connectivity index (χ3v) is 6.98. The number of carbonyl (C=O) groups is 3. The van der Waals surface area contributed by atoms with Crippen LogP contribution in [-0.2, 0) is 16.1 Å². The molecule has 4 rings (SSSR count). The largest absolute Gasteiger partial charge is 0.342 e. The fraction of sp³-hybridized carbons (Fsp3) is 0.609. The molecule has 2 aliphatic heterocycles. The van der Waals surface area contributed by atoms with Crippen LogP contribution in [0.25, 0.3) is 0 Å². The Kier molecular flexibility index (Phi) is 5.61. The minimum Gasteiger partial charge on any atom is -0.342 e. The highest BCUT2D eigenvalue weighted by Crippen LogP contribution is 2.39. The predicted molar refractivity (Wildman–Crippen MR) is 110 cm³/mol. The zero-order valence-corrected chi connectivity index (χ0v) is 17.3. The summed E-state index contributed by atoms with van der Waals surface area (Å²) in [6.45, 7) is 3.76. The third kappa shape index (κ3) is 3.53. The van der Waals surface area contributed by atoms with E-state index < -0.39 is 5.54 Å². The number of imide groups is 1. The second-order valence-corrected chi connectivity index (χ2v) is 8.60. The van der Waals surface area contributed by atoms with Gasteiger partial charge in [-0.15, -0.1) is 0 Å². The smallest absolute Gasteiger partial charge is 0.327 e. The molecule has 1 spiro atoms. The van der Waals surface area contributed by atoms with E-state index in [1.807, 2.05) is 42.2 Å². The van der Waals surface area contributed by atoms with Gasteiger partial charge in [-0.25, -0.2) is 4.79 Å². The average molecular weight is 398 g/mol. The van der Waals surface area contributed by atoms with Crippen molar-refractivity contribution in [3.05, 3.63) is 35.9 Å². The molecule has 0 atom stereocenters. The summed E-state index contributed by atoms with van der Waals surface area (Å²) in [5, 5.41) is 0. The second-order valence-electron chi connectivity index (χ2n) is 8.60. The first-order valence-corrected chi connectivity index (χ1v) is 11.0. The normalized spacial score (nSPS) is 22.6. The summed E-state index contributed by atoms with van der Waals surface area (Å²) in [6.07, 6.45) is 6.53. The Labute approximate surface area is 172 Å². The van der Waals surface area contributed by atoms with Crippen LogP contribution < -0.4 is 0 Å². The zero-order valence-electron chi connectivity index (χ0n) is 17.3. The number of piperidine rings is 1. The Bertz CT molecular complexity index is 765. The van der Waals surface area contributed by atoms with Crippen LogP contribution in [0.15, 0.2) is 30.3 Å². The van der Waals surface area contributed by atoms with Crippen LogP contribution in [0.3, 0.4) is 0 Å².